The first-order valence-corrected chi connectivity index (χ1v) is 9.16. The molecular weight excluding hydrogens is 397 g/mol. The number of hydrogen-bond donors (Lipinski definition) is 1. The fourth-order valence-electron chi connectivity index (χ4n) is 3.18. The molecular formula is C21H17F3N4O2. The van der Waals surface area contributed by atoms with Gasteiger partial charge in [-0.2, -0.15) is 13.2 Å². The lowest BCUT2D eigenvalue weighted by Gasteiger charge is -2.19. The van der Waals surface area contributed by atoms with Gasteiger partial charge < -0.3 is 9.64 Å². The molecule has 2 heterocycles. The van der Waals surface area contributed by atoms with E-state index in [2.05, 4.69) is 9.97 Å². The zero-order valence-electron chi connectivity index (χ0n) is 15.7. The SMILES string of the molecule is O=C1c2cc(-c3ccc(NC(F)(F)F)cc3)ccc2OCCN1Cc1ncccn1. The molecule has 0 saturated heterocycles. The van der Waals surface area contributed by atoms with E-state index in [1.807, 2.05) is 0 Å². The first kappa shape index (κ1) is 19.7. The van der Waals surface area contributed by atoms with Crippen molar-refractivity contribution in [3.8, 4) is 16.9 Å². The van der Waals surface area contributed by atoms with Gasteiger partial charge in [-0.1, -0.05) is 18.2 Å². The van der Waals surface area contributed by atoms with Crippen LogP contribution in [-0.4, -0.2) is 40.2 Å². The molecule has 1 N–H and O–H groups in total. The van der Waals surface area contributed by atoms with Crippen LogP contribution in [0.5, 0.6) is 5.75 Å². The highest BCUT2D eigenvalue weighted by Crippen LogP contribution is 2.31. The molecule has 1 amide bonds. The van der Waals surface area contributed by atoms with E-state index >= 15 is 0 Å². The van der Waals surface area contributed by atoms with Crippen LogP contribution in [0.1, 0.15) is 16.2 Å². The van der Waals surface area contributed by atoms with E-state index in [1.165, 1.54) is 17.4 Å². The molecule has 2 aromatic carbocycles. The molecule has 1 aliphatic heterocycles. The minimum Gasteiger partial charge on any atom is -0.491 e. The highest BCUT2D eigenvalue weighted by molar-refractivity contribution is 5.98. The number of nitrogens with zero attached hydrogens (tertiary/aromatic N) is 3. The first-order chi connectivity index (χ1) is 14.4. The number of nitrogens with one attached hydrogen (secondary N) is 1. The number of amides is 1. The monoisotopic (exact) mass is 414 g/mol. The van der Waals surface area contributed by atoms with Crippen LogP contribution in [0.15, 0.2) is 60.9 Å². The Balaban J connectivity index is 1.59. The molecule has 6 nitrogen and oxygen atoms in total. The molecule has 0 saturated carbocycles. The molecule has 9 heteroatoms. The van der Waals surface area contributed by atoms with Crippen LogP contribution in [0.3, 0.4) is 0 Å². The van der Waals surface area contributed by atoms with E-state index in [0.717, 1.165) is 0 Å². The van der Waals surface area contributed by atoms with E-state index in [1.54, 1.807) is 53.7 Å². The number of benzene rings is 2. The van der Waals surface area contributed by atoms with Gasteiger partial charge in [-0.25, -0.2) is 9.97 Å². The van der Waals surface area contributed by atoms with Crippen LogP contribution in [0.4, 0.5) is 18.9 Å². The van der Waals surface area contributed by atoms with Crippen molar-refractivity contribution < 1.29 is 22.7 Å². The Kier molecular flexibility index (Phi) is 5.26. The zero-order chi connectivity index (χ0) is 21.1. The van der Waals surface area contributed by atoms with E-state index in [-0.39, 0.29) is 18.1 Å². The van der Waals surface area contributed by atoms with Crippen LogP contribution in [-0.2, 0) is 6.54 Å². The molecule has 0 unspecified atom stereocenters. The molecule has 0 atom stereocenters. The van der Waals surface area contributed by atoms with Gasteiger partial charge in [0.1, 0.15) is 18.2 Å². The van der Waals surface area contributed by atoms with Crippen molar-refractivity contribution >= 4 is 11.6 Å². The third kappa shape index (κ3) is 4.51. The van der Waals surface area contributed by atoms with Gasteiger partial charge in [0, 0.05) is 18.1 Å². The number of hydrogen-bond acceptors (Lipinski definition) is 5. The molecule has 1 aliphatic rings. The fraction of sp³-hybridized carbons (Fsp3) is 0.190. The van der Waals surface area contributed by atoms with Crippen molar-refractivity contribution in [2.75, 3.05) is 18.5 Å². The number of fused-ring (bicyclic) bond motifs is 1. The summed E-state index contributed by atoms with van der Waals surface area (Å²) in [6, 6.07) is 12.7. The summed E-state index contributed by atoms with van der Waals surface area (Å²) < 4.78 is 43.1. The van der Waals surface area contributed by atoms with Gasteiger partial charge >= 0.3 is 6.30 Å². The van der Waals surface area contributed by atoms with Crippen molar-refractivity contribution in [1.82, 2.24) is 14.9 Å². The minimum absolute atomic E-state index is 0.0607. The summed E-state index contributed by atoms with van der Waals surface area (Å²) in [5, 5.41) is 1.46. The van der Waals surface area contributed by atoms with Crippen molar-refractivity contribution in [1.29, 1.82) is 0 Å². The Hall–Kier alpha value is -3.62. The Bertz CT molecular complexity index is 1040. The average Bonchev–Trinajstić information content (AvgIpc) is 2.87. The Morgan fingerprint density at radius 1 is 1.03 bits per heavy atom. The standard InChI is InChI=1S/C21H17F3N4O2/c22-21(23,24)27-16-5-2-14(3-6-16)15-4-7-18-17(12-15)20(29)28(10-11-30-18)13-19-25-8-1-9-26-19/h1-9,12,27H,10-11,13H2. The molecule has 0 spiro atoms. The number of aromatic nitrogens is 2. The van der Waals surface area contributed by atoms with E-state index in [9.17, 15) is 18.0 Å². The molecule has 4 rings (SSSR count). The van der Waals surface area contributed by atoms with Gasteiger partial charge in [0.25, 0.3) is 5.91 Å². The summed E-state index contributed by atoms with van der Waals surface area (Å²) in [5.74, 6) is 0.779. The second-order valence-corrected chi connectivity index (χ2v) is 6.65. The average molecular weight is 414 g/mol. The topological polar surface area (TPSA) is 67.3 Å². The smallest absolute Gasteiger partial charge is 0.482 e. The molecule has 3 aromatic rings. The van der Waals surface area contributed by atoms with Crippen LogP contribution >= 0.6 is 0 Å². The third-order valence-electron chi connectivity index (χ3n) is 4.57. The summed E-state index contributed by atoms with van der Waals surface area (Å²) in [6.45, 7) is 0.978. The van der Waals surface area contributed by atoms with Gasteiger partial charge in [0.2, 0.25) is 0 Å². The summed E-state index contributed by atoms with van der Waals surface area (Å²) in [4.78, 5) is 23.0. The molecule has 30 heavy (non-hydrogen) atoms. The largest absolute Gasteiger partial charge is 0.491 e. The minimum atomic E-state index is -4.50. The Morgan fingerprint density at radius 2 is 1.73 bits per heavy atom. The highest BCUT2D eigenvalue weighted by atomic mass is 19.4. The Morgan fingerprint density at radius 3 is 2.43 bits per heavy atom. The first-order valence-electron chi connectivity index (χ1n) is 9.16. The maximum absolute atomic E-state index is 13.1. The normalized spacial score (nSPS) is 14.0. The van der Waals surface area contributed by atoms with Crippen LogP contribution in [0, 0.1) is 0 Å². The van der Waals surface area contributed by atoms with Crippen LogP contribution in [0.2, 0.25) is 0 Å². The van der Waals surface area contributed by atoms with E-state index in [0.29, 0.717) is 41.4 Å². The number of halogens is 3. The lowest BCUT2D eigenvalue weighted by Crippen LogP contribution is -2.32. The number of carbonyl (C=O) groups excluding carboxylic acids is 1. The number of rotatable bonds is 4. The van der Waals surface area contributed by atoms with Crippen molar-refractivity contribution in [2.45, 2.75) is 12.8 Å². The van der Waals surface area contributed by atoms with Crippen molar-refractivity contribution in [2.24, 2.45) is 0 Å². The predicted octanol–water partition coefficient (Wildman–Crippen LogP) is 4.11. The second kappa shape index (κ2) is 8.02. The third-order valence-corrected chi connectivity index (χ3v) is 4.57. The highest BCUT2D eigenvalue weighted by Gasteiger charge is 2.27. The molecule has 0 bridgehead atoms. The second-order valence-electron chi connectivity index (χ2n) is 6.65. The maximum Gasteiger partial charge on any atom is 0.482 e. The summed E-state index contributed by atoms with van der Waals surface area (Å²) in [6.07, 6.45) is -1.27. The van der Waals surface area contributed by atoms with Gasteiger partial charge in [-0.3, -0.25) is 10.1 Å². The number of alkyl halides is 3. The molecule has 0 fully saturated rings. The lowest BCUT2D eigenvalue weighted by atomic mass is 10.0. The van der Waals surface area contributed by atoms with Gasteiger partial charge in [-0.05, 0) is 41.5 Å². The van der Waals surface area contributed by atoms with Crippen LogP contribution < -0.4 is 10.1 Å². The zero-order valence-corrected chi connectivity index (χ0v) is 15.7. The quantitative estimate of drug-likeness (QED) is 0.651. The predicted molar refractivity (Wildman–Crippen MR) is 104 cm³/mol. The van der Waals surface area contributed by atoms with E-state index in [4.69, 9.17) is 4.74 Å². The van der Waals surface area contributed by atoms with E-state index < -0.39 is 6.30 Å². The van der Waals surface area contributed by atoms with Gasteiger partial charge in [0.05, 0.1) is 18.7 Å². The van der Waals surface area contributed by atoms with Crippen molar-refractivity contribution in [3.05, 3.63) is 72.3 Å². The van der Waals surface area contributed by atoms with Crippen molar-refractivity contribution in [3.63, 3.8) is 0 Å². The molecule has 0 radical (unpaired) electrons. The number of ether oxygens (including phenoxy) is 1. The summed E-state index contributed by atoms with van der Waals surface area (Å²) in [5.41, 5.74) is 1.70. The summed E-state index contributed by atoms with van der Waals surface area (Å²) >= 11 is 0. The fourth-order valence-corrected chi connectivity index (χ4v) is 3.18. The number of anilines is 1. The molecule has 1 aromatic heterocycles. The number of carbonyl (C=O) groups is 1. The van der Waals surface area contributed by atoms with Gasteiger partial charge in [-0.15, -0.1) is 0 Å². The van der Waals surface area contributed by atoms with Crippen LogP contribution in [0.25, 0.3) is 11.1 Å². The van der Waals surface area contributed by atoms with Gasteiger partial charge in [0.15, 0.2) is 0 Å². The lowest BCUT2D eigenvalue weighted by molar-refractivity contribution is -0.0999. The molecule has 154 valence electrons. The maximum atomic E-state index is 13.1. The summed E-state index contributed by atoms with van der Waals surface area (Å²) in [7, 11) is 0. The molecule has 0 aliphatic carbocycles. The Labute approximate surface area is 170 Å².